The van der Waals surface area contributed by atoms with Gasteiger partial charge in [0.2, 0.25) is 5.91 Å². The minimum absolute atomic E-state index is 0.0371. The number of para-hydroxylation sites is 1. The highest BCUT2D eigenvalue weighted by atomic mass is 35.5. The van der Waals surface area contributed by atoms with Crippen molar-refractivity contribution >= 4 is 76.8 Å². The quantitative estimate of drug-likeness (QED) is 0.0578. The number of rotatable bonds is 16. The van der Waals surface area contributed by atoms with E-state index < -0.39 is 55.8 Å². The molecule has 1 amide bonds. The maximum atomic E-state index is 14.2. The van der Waals surface area contributed by atoms with Gasteiger partial charge in [-0.1, -0.05) is 43.6 Å². The zero-order valence-electron chi connectivity index (χ0n) is 33.3. The van der Waals surface area contributed by atoms with E-state index in [-0.39, 0.29) is 58.2 Å². The predicted molar refractivity (Wildman–Crippen MR) is 220 cm³/mol. The van der Waals surface area contributed by atoms with E-state index in [9.17, 15) is 41.8 Å². The van der Waals surface area contributed by atoms with E-state index in [1.807, 2.05) is 23.5 Å². The molecule has 0 bridgehead atoms. The van der Waals surface area contributed by atoms with E-state index >= 15 is 0 Å². The van der Waals surface area contributed by atoms with Gasteiger partial charge in [0.05, 0.1) is 43.9 Å². The second kappa shape index (κ2) is 27.6. The number of hydrogen-bond donors (Lipinski definition) is 3. The molecule has 0 saturated heterocycles. The number of alkyl halides is 4. The molecule has 0 aliphatic heterocycles. The van der Waals surface area contributed by atoms with Gasteiger partial charge in [-0.15, -0.1) is 28.3 Å². The van der Waals surface area contributed by atoms with Crippen molar-refractivity contribution in [3.05, 3.63) is 74.2 Å². The molecule has 0 radical (unpaired) electrons. The van der Waals surface area contributed by atoms with Crippen molar-refractivity contribution in [3.8, 4) is 5.69 Å². The van der Waals surface area contributed by atoms with Crippen LogP contribution in [0.15, 0.2) is 35.1 Å². The second-order valence-corrected chi connectivity index (χ2v) is 17.3. The van der Waals surface area contributed by atoms with Gasteiger partial charge in [0.15, 0.2) is 5.82 Å². The van der Waals surface area contributed by atoms with Crippen molar-refractivity contribution in [2.45, 2.75) is 58.9 Å². The fraction of sp³-hybridized carbons (Fsp3) is 0.514. The molecule has 0 spiro atoms. The van der Waals surface area contributed by atoms with E-state index in [1.165, 1.54) is 6.92 Å². The minimum atomic E-state index is -4.35. The topological polar surface area (TPSA) is 205 Å². The van der Waals surface area contributed by atoms with Crippen molar-refractivity contribution in [2.75, 3.05) is 62.8 Å². The zero-order valence-corrected chi connectivity index (χ0v) is 37.2. The Labute approximate surface area is 353 Å². The molecule has 1 heterocycles. The number of amides is 1. The monoisotopic (exact) mass is 925 g/mol. The van der Waals surface area contributed by atoms with Crippen LogP contribution in [0.1, 0.15) is 49.8 Å². The average Bonchev–Trinajstić information content (AvgIpc) is 3.43. The number of aliphatic carboxylic acids is 1. The maximum absolute atomic E-state index is 14.2. The average molecular weight is 927 g/mol. The molecule has 2 aromatic carbocycles. The summed E-state index contributed by atoms with van der Waals surface area (Å²) in [4.78, 5) is 65.1. The molecular weight excluding hydrogens is 877 g/mol. The molecule has 1 aromatic heterocycles. The number of aryl methyl sites for hydroxylation is 3. The number of carboxylic acids is 1. The summed E-state index contributed by atoms with van der Waals surface area (Å²) in [6.45, 7) is 3.71. The summed E-state index contributed by atoms with van der Waals surface area (Å²) in [6, 6.07) is 8.13. The number of esters is 1. The normalized spacial score (nSPS) is 12.2. The standard InChI is InChI=1S/C15H14Cl2F3N3O3.C14H20ClNO2.C3H8NO5P.C3H9S/c1-3-26-13(24)10(17)4-8-5-12(11(18)6-9(8)16)23-15(25)22(14(19)20)7(2)21-23;1-4-11-7-6-8-12(5-2)14(11)16(10-18-3)13(17)9-15;5-3(6)1-4-2-10(7,8)9;1-4(2)3/h5-6,10,14H,3-4H2,1-2H3;6-8H,4-5,9-10H2,1-3H3;4H,1-2H2,(H,5,6)(H2,7,8,9);1-3H3/q;;;+1/p-1. The summed E-state index contributed by atoms with van der Waals surface area (Å²) in [5, 5.41) is 12.5. The van der Waals surface area contributed by atoms with Crippen LogP contribution >= 0.6 is 42.4 Å². The Kier molecular flexibility index (Phi) is 26.1. The highest BCUT2D eigenvalue weighted by Gasteiger charge is 2.24. The Morgan fingerprint density at radius 2 is 1.66 bits per heavy atom. The molecule has 15 nitrogen and oxygen atoms in total. The molecule has 3 aromatic rings. The lowest BCUT2D eigenvalue weighted by Gasteiger charge is -2.26. The molecule has 0 aliphatic carbocycles. The molecule has 58 heavy (non-hydrogen) atoms. The molecule has 23 heteroatoms. The van der Waals surface area contributed by atoms with Crippen molar-refractivity contribution in [3.63, 3.8) is 0 Å². The van der Waals surface area contributed by atoms with Crippen LogP contribution < -0.4 is 20.8 Å². The summed E-state index contributed by atoms with van der Waals surface area (Å²) >= 11 is 17.6. The second-order valence-electron chi connectivity index (χ2n) is 12.1. The third-order valence-corrected chi connectivity index (χ3v) is 8.49. The summed E-state index contributed by atoms with van der Waals surface area (Å²) in [5.41, 5.74) is 1.87. The van der Waals surface area contributed by atoms with Crippen LogP contribution in [0.5, 0.6) is 0 Å². The summed E-state index contributed by atoms with van der Waals surface area (Å²) in [7, 11) is -2.13. The molecular formula is C35H50Cl3F3N5O10PS. The van der Waals surface area contributed by atoms with Gasteiger partial charge in [-0.25, -0.2) is 13.8 Å². The number of hydrogen-bond acceptors (Lipinski definition) is 10. The Bertz CT molecular complexity index is 1860. The van der Waals surface area contributed by atoms with Gasteiger partial charge in [-0.2, -0.15) is 13.5 Å². The highest BCUT2D eigenvalue weighted by molar-refractivity contribution is 7.94. The zero-order chi connectivity index (χ0) is 44.9. The molecule has 3 rings (SSSR count). The number of halogens is 6. The number of nitrogens with one attached hydrogen (secondary N) is 1. The Hall–Kier alpha value is -3.13. The predicted octanol–water partition coefficient (Wildman–Crippen LogP) is 4.89. The van der Waals surface area contributed by atoms with Gasteiger partial charge in [0.1, 0.15) is 37.1 Å². The van der Waals surface area contributed by atoms with Crippen LogP contribution in [0.2, 0.25) is 5.02 Å². The lowest BCUT2D eigenvalue weighted by atomic mass is 10.0. The minimum Gasteiger partial charge on any atom is -0.778 e. The molecule has 0 saturated carbocycles. The van der Waals surface area contributed by atoms with Crippen molar-refractivity contribution in [1.82, 2.24) is 19.7 Å². The first-order valence-corrected chi connectivity index (χ1v) is 22.7. The lowest BCUT2D eigenvalue weighted by Crippen LogP contribution is -2.35. The van der Waals surface area contributed by atoms with Gasteiger partial charge in [0, 0.05) is 18.6 Å². The molecule has 328 valence electrons. The SMILES string of the molecule is CCOC(=O)C(Cl)Cc1cc(-n2nc(C)n(C(F)F)c2=O)c(F)cc1Cl.CCc1cccc(CC)c1N(COC)C(=O)CCl.C[S+](C)C.O=C(O)CNCP(=O)([O-])O. The lowest BCUT2D eigenvalue weighted by molar-refractivity contribution is -0.193. The Morgan fingerprint density at radius 1 is 1.10 bits per heavy atom. The summed E-state index contributed by atoms with van der Waals surface area (Å²) < 4.78 is 60.6. The third kappa shape index (κ3) is 19.3. The summed E-state index contributed by atoms with van der Waals surface area (Å²) in [6.07, 6.45) is 7.51. The number of carbonyl (C=O) groups excluding carboxylic acids is 2. The largest absolute Gasteiger partial charge is 0.778 e. The van der Waals surface area contributed by atoms with Crippen LogP contribution in [-0.2, 0) is 58.6 Å². The van der Waals surface area contributed by atoms with Crippen molar-refractivity contribution in [1.29, 1.82) is 0 Å². The van der Waals surface area contributed by atoms with Gasteiger partial charge >= 0.3 is 24.2 Å². The number of carboxylic acid groups (broad SMARTS) is 1. The van der Waals surface area contributed by atoms with Gasteiger partial charge in [0.25, 0.3) is 0 Å². The highest BCUT2D eigenvalue weighted by Crippen LogP contribution is 2.28. The fourth-order valence-corrected chi connectivity index (χ4v) is 5.59. The van der Waals surface area contributed by atoms with E-state index in [4.69, 9.17) is 54.3 Å². The maximum Gasteiger partial charge on any atom is 0.355 e. The van der Waals surface area contributed by atoms with E-state index in [1.54, 1.807) is 18.9 Å². The van der Waals surface area contributed by atoms with Crippen LogP contribution in [-0.4, -0.2) is 105 Å². The smallest absolute Gasteiger partial charge is 0.355 e. The molecule has 2 unspecified atom stereocenters. The van der Waals surface area contributed by atoms with Crippen molar-refractivity contribution in [2.24, 2.45) is 0 Å². The van der Waals surface area contributed by atoms with E-state index in [0.717, 1.165) is 41.8 Å². The number of ether oxygens (including phenoxy) is 2. The number of aromatic nitrogens is 3. The van der Waals surface area contributed by atoms with E-state index in [2.05, 4.69) is 37.7 Å². The van der Waals surface area contributed by atoms with Crippen LogP contribution in [0.25, 0.3) is 5.69 Å². The van der Waals surface area contributed by atoms with Crippen molar-refractivity contribution < 1.29 is 56.5 Å². The first-order valence-electron chi connectivity index (χ1n) is 17.2. The molecule has 3 N–H and O–H groups in total. The molecule has 0 fully saturated rings. The number of methoxy groups -OCH3 is 1. The van der Waals surface area contributed by atoms with Gasteiger partial charge in [-0.05, 0) is 66.4 Å². The Balaban J connectivity index is 0.000000876. The van der Waals surface area contributed by atoms with E-state index in [0.29, 0.717) is 15.6 Å². The number of carbonyl (C=O) groups is 3. The Morgan fingerprint density at radius 3 is 2.07 bits per heavy atom. The third-order valence-electron chi connectivity index (χ3n) is 6.96. The number of anilines is 1. The summed E-state index contributed by atoms with van der Waals surface area (Å²) in [5.74, 6) is -3.26. The fourth-order valence-electron chi connectivity index (χ4n) is 4.59. The van der Waals surface area contributed by atoms with Gasteiger partial charge < -0.3 is 28.9 Å². The number of nitrogens with zero attached hydrogens (tertiary/aromatic N) is 4. The van der Waals surface area contributed by atoms with Gasteiger partial charge in [-0.3, -0.25) is 24.6 Å². The molecule has 2 atom stereocenters. The first-order chi connectivity index (χ1) is 27.0. The number of benzene rings is 2. The van der Waals surface area contributed by atoms with Crippen LogP contribution in [0.4, 0.5) is 18.9 Å². The van der Waals surface area contributed by atoms with Crippen LogP contribution in [0, 0.1) is 12.7 Å². The molecule has 0 aliphatic rings. The first kappa shape index (κ1) is 54.9. The van der Waals surface area contributed by atoms with Crippen LogP contribution in [0.3, 0.4) is 0 Å².